The number of rotatable bonds is 5. The molecule has 1 fully saturated rings. The molecule has 1 saturated carbocycles. The van der Waals surface area contributed by atoms with Gasteiger partial charge in [-0.2, -0.15) is 0 Å². The number of nitrogens with one attached hydrogen (secondary N) is 2. The van der Waals surface area contributed by atoms with Crippen LogP contribution in [-0.4, -0.2) is 23.0 Å². The van der Waals surface area contributed by atoms with Gasteiger partial charge in [0.15, 0.2) is 0 Å². The van der Waals surface area contributed by atoms with Crippen LogP contribution in [-0.2, 0) is 11.2 Å². The molecule has 0 unspecified atom stereocenters. The van der Waals surface area contributed by atoms with Crippen molar-refractivity contribution >= 4 is 16.8 Å². The fourth-order valence-electron chi connectivity index (χ4n) is 3.14. The van der Waals surface area contributed by atoms with E-state index in [1.165, 1.54) is 18.2 Å². The molecule has 2 aromatic rings. The molecule has 1 atom stereocenters. The van der Waals surface area contributed by atoms with Gasteiger partial charge in [0.25, 0.3) is 0 Å². The molecule has 1 aliphatic rings. The lowest BCUT2D eigenvalue weighted by Crippen LogP contribution is -2.46. The van der Waals surface area contributed by atoms with E-state index in [0.717, 1.165) is 23.9 Å². The standard InChI is InChI=1S/C16H21N3O/c17-16(20)15(19-12-5-1-2-6-12)9-11-10-18-14-8-4-3-7-13(11)14/h3-4,7-8,10,12,15,18-19H,1-2,5-6,9H2,(H2,17,20)/t15-/m0/s1. The topological polar surface area (TPSA) is 70.9 Å². The van der Waals surface area contributed by atoms with Crippen LogP contribution < -0.4 is 11.1 Å². The van der Waals surface area contributed by atoms with E-state index in [1.807, 2.05) is 24.4 Å². The predicted molar refractivity (Wildman–Crippen MR) is 80.4 cm³/mol. The lowest BCUT2D eigenvalue weighted by Gasteiger charge is -2.20. The van der Waals surface area contributed by atoms with Crippen LogP contribution in [0.5, 0.6) is 0 Å². The van der Waals surface area contributed by atoms with Crippen molar-refractivity contribution < 1.29 is 4.79 Å². The largest absolute Gasteiger partial charge is 0.368 e. The Kier molecular flexibility index (Phi) is 3.74. The van der Waals surface area contributed by atoms with E-state index in [4.69, 9.17) is 5.73 Å². The number of para-hydroxylation sites is 1. The van der Waals surface area contributed by atoms with Crippen LogP contribution in [0, 0.1) is 0 Å². The highest BCUT2D eigenvalue weighted by Crippen LogP contribution is 2.21. The van der Waals surface area contributed by atoms with Gasteiger partial charge in [-0.15, -0.1) is 0 Å². The highest BCUT2D eigenvalue weighted by atomic mass is 16.1. The second kappa shape index (κ2) is 5.67. The Balaban J connectivity index is 1.77. The van der Waals surface area contributed by atoms with Gasteiger partial charge in [0.1, 0.15) is 0 Å². The van der Waals surface area contributed by atoms with Crippen molar-refractivity contribution in [1.82, 2.24) is 10.3 Å². The zero-order valence-corrected chi connectivity index (χ0v) is 11.6. The van der Waals surface area contributed by atoms with E-state index in [2.05, 4.69) is 16.4 Å². The summed E-state index contributed by atoms with van der Waals surface area (Å²) in [7, 11) is 0. The third kappa shape index (κ3) is 2.70. The molecule has 0 spiro atoms. The number of hydrogen-bond donors (Lipinski definition) is 3. The van der Waals surface area contributed by atoms with Gasteiger partial charge in [-0.05, 0) is 30.9 Å². The lowest BCUT2D eigenvalue weighted by molar-refractivity contribution is -0.120. The fourth-order valence-corrected chi connectivity index (χ4v) is 3.14. The number of carbonyl (C=O) groups is 1. The number of H-pyrrole nitrogens is 1. The maximum atomic E-state index is 11.7. The number of benzene rings is 1. The van der Waals surface area contributed by atoms with E-state index in [0.29, 0.717) is 12.5 Å². The van der Waals surface area contributed by atoms with E-state index in [9.17, 15) is 4.79 Å². The summed E-state index contributed by atoms with van der Waals surface area (Å²) in [6.45, 7) is 0. The zero-order valence-electron chi connectivity index (χ0n) is 11.6. The summed E-state index contributed by atoms with van der Waals surface area (Å²) in [4.78, 5) is 14.9. The van der Waals surface area contributed by atoms with E-state index in [-0.39, 0.29) is 11.9 Å². The summed E-state index contributed by atoms with van der Waals surface area (Å²) < 4.78 is 0. The minimum atomic E-state index is -0.280. The first-order valence-electron chi connectivity index (χ1n) is 7.34. The summed E-state index contributed by atoms with van der Waals surface area (Å²) >= 11 is 0. The number of primary amides is 1. The van der Waals surface area contributed by atoms with Crippen molar-refractivity contribution in [3.8, 4) is 0 Å². The maximum Gasteiger partial charge on any atom is 0.234 e. The van der Waals surface area contributed by atoms with Crippen LogP contribution in [0.2, 0.25) is 0 Å². The second-order valence-electron chi connectivity index (χ2n) is 5.67. The molecule has 3 rings (SSSR count). The van der Waals surface area contributed by atoms with Crippen LogP contribution in [0.25, 0.3) is 10.9 Å². The number of fused-ring (bicyclic) bond motifs is 1. The van der Waals surface area contributed by atoms with Gasteiger partial charge in [0, 0.05) is 23.1 Å². The second-order valence-corrected chi connectivity index (χ2v) is 5.67. The highest BCUT2D eigenvalue weighted by molar-refractivity contribution is 5.85. The van der Waals surface area contributed by atoms with Gasteiger partial charge in [-0.1, -0.05) is 31.0 Å². The summed E-state index contributed by atoms with van der Waals surface area (Å²) in [5, 5.41) is 4.60. The summed E-state index contributed by atoms with van der Waals surface area (Å²) in [5.41, 5.74) is 7.82. The Labute approximate surface area is 118 Å². The van der Waals surface area contributed by atoms with E-state index in [1.54, 1.807) is 0 Å². The Morgan fingerprint density at radius 1 is 1.35 bits per heavy atom. The van der Waals surface area contributed by atoms with Crippen LogP contribution in [0.3, 0.4) is 0 Å². The Bertz CT molecular complexity index is 599. The molecular weight excluding hydrogens is 250 g/mol. The number of aromatic amines is 1. The average Bonchev–Trinajstić information content (AvgIpc) is 3.08. The van der Waals surface area contributed by atoms with Gasteiger partial charge in [0.2, 0.25) is 5.91 Å². The zero-order chi connectivity index (χ0) is 13.9. The molecule has 1 aromatic heterocycles. The van der Waals surface area contributed by atoms with Crippen LogP contribution in [0.4, 0.5) is 0 Å². The molecule has 0 saturated heterocycles. The molecule has 1 heterocycles. The number of aromatic nitrogens is 1. The van der Waals surface area contributed by atoms with Crippen molar-refractivity contribution in [3.63, 3.8) is 0 Å². The average molecular weight is 271 g/mol. The fraction of sp³-hybridized carbons (Fsp3) is 0.438. The molecule has 20 heavy (non-hydrogen) atoms. The van der Waals surface area contributed by atoms with Crippen LogP contribution in [0.1, 0.15) is 31.2 Å². The van der Waals surface area contributed by atoms with E-state index >= 15 is 0 Å². The van der Waals surface area contributed by atoms with E-state index < -0.39 is 0 Å². The highest BCUT2D eigenvalue weighted by Gasteiger charge is 2.23. The Morgan fingerprint density at radius 3 is 2.85 bits per heavy atom. The SMILES string of the molecule is NC(=O)[C@H](Cc1c[nH]c2ccccc12)NC1CCCC1. The maximum absolute atomic E-state index is 11.7. The monoisotopic (exact) mass is 271 g/mol. The van der Waals surface area contributed by atoms with Crippen LogP contribution in [0.15, 0.2) is 30.5 Å². The van der Waals surface area contributed by atoms with Crippen molar-refractivity contribution in [1.29, 1.82) is 0 Å². The molecular formula is C16H21N3O. The third-order valence-corrected chi connectivity index (χ3v) is 4.23. The summed E-state index contributed by atoms with van der Waals surface area (Å²) in [5.74, 6) is -0.262. The Morgan fingerprint density at radius 2 is 2.10 bits per heavy atom. The number of nitrogens with two attached hydrogens (primary N) is 1. The minimum absolute atomic E-state index is 0.262. The molecule has 0 bridgehead atoms. The van der Waals surface area contributed by atoms with Crippen molar-refractivity contribution in [2.75, 3.05) is 0 Å². The lowest BCUT2D eigenvalue weighted by atomic mass is 10.0. The third-order valence-electron chi connectivity index (χ3n) is 4.23. The van der Waals surface area contributed by atoms with Crippen molar-refractivity contribution in [3.05, 3.63) is 36.0 Å². The molecule has 0 aliphatic heterocycles. The molecule has 0 radical (unpaired) electrons. The summed E-state index contributed by atoms with van der Waals surface area (Å²) in [6.07, 6.45) is 7.43. The van der Waals surface area contributed by atoms with Crippen molar-refractivity contribution in [2.24, 2.45) is 5.73 Å². The van der Waals surface area contributed by atoms with Crippen LogP contribution >= 0.6 is 0 Å². The number of amides is 1. The molecule has 4 N–H and O–H groups in total. The quantitative estimate of drug-likeness (QED) is 0.779. The normalized spacial score (nSPS) is 17.6. The first kappa shape index (κ1) is 13.2. The Hall–Kier alpha value is -1.81. The van der Waals surface area contributed by atoms with Crippen molar-refractivity contribution in [2.45, 2.75) is 44.2 Å². The molecule has 106 valence electrons. The first-order chi connectivity index (χ1) is 9.74. The number of hydrogen-bond acceptors (Lipinski definition) is 2. The predicted octanol–water partition coefficient (Wildman–Crippen LogP) is 2.10. The first-order valence-corrected chi connectivity index (χ1v) is 7.34. The van der Waals surface area contributed by atoms with Gasteiger partial charge in [0.05, 0.1) is 6.04 Å². The minimum Gasteiger partial charge on any atom is -0.368 e. The molecule has 4 nitrogen and oxygen atoms in total. The molecule has 4 heteroatoms. The molecule has 1 aliphatic carbocycles. The summed E-state index contributed by atoms with van der Waals surface area (Å²) in [6, 6.07) is 8.31. The smallest absolute Gasteiger partial charge is 0.234 e. The molecule has 1 aromatic carbocycles. The molecule has 1 amide bonds. The van der Waals surface area contributed by atoms with Gasteiger partial charge >= 0.3 is 0 Å². The number of carbonyl (C=O) groups excluding carboxylic acids is 1. The van der Waals surface area contributed by atoms with Gasteiger partial charge in [-0.3, -0.25) is 4.79 Å². The van der Waals surface area contributed by atoms with Gasteiger partial charge < -0.3 is 16.0 Å². The van der Waals surface area contributed by atoms with Gasteiger partial charge in [-0.25, -0.2) is 0 Å².